The molecular weight excluding hydrogens is 386 g/mol. The van der Waals surface area contributed by atoms with Crippen LogP contribution in [0.3, 0.4) is 0 Å². The SMILES string of the molecule is CNC(=O)c1nn(CCNC(=O)COc2cccc(C)c2)c2c1CN(C(C)=O)CC2. The van der Waals surface area contributed by atoms with E-state index in [0.29, 0.717) is 44.0 Å². The number of carbonyl (C=O) groups excluding carboxylic acids is 3. The van der Waals surface area contributed by atoms with Crippen molar-refractivity contribution >= 4 is 17.7 Å². The molecule has 160 valence electrons. The molecule has 3 amide bonds. The monoisotopic (exact) mass is 413 g/mol. The van der Waals surface area contributed by atoms with E-state index in [9.17, 15) is 14.4 Å². The first-order valence-corrected chi connectivity index (χ1v) is 9.91. The summed E-state index contributed by atoms with van der Waals surface area (Å²) in [4.78, 5) is 37.7. The van der Waals surface area contributed by atoms with Gasteiger partial charge in [0.1, 0.15) is 5.75 Å². The number of aromatic nitrogens is 2. The van der Waals surface area contributed by atoms with E-state index in [-0.39, 0.29) is 24.3 Å². The minimum Gasteiger partial charge on any atom is -0.484 e. The summed E-state index contributed by atoms with van der Waals surface area (Å²) in [7, 11) is 1.55. The van der Waals surface area contributed by atoms with E-state index >= 15 is 0 Å². The van der Waals surface area contributed by atoms with Crippen LogP contribution in [0.15, 0.2) is 24.3 Å². The van der Waals surface area contributed by atoms with Crippen LogP contribution >= 0.6 is 0 Å². The quantitative estimate of drug-likeness (QED) is 0.693. The van der Waals surface area contributed by atoms with E-state index in [1.165, 1.54) is 6.92 Å². The van der Waals surface area contributed by atoms with Gasteiger partial charge in [0, 0.05) is 51.3 Å². The summed E-state index contributed by atoms with van der Waals surface area (Å²) < 4.78 is 7.25. The maximum Gasteiger partial charge on any atom is 0.271 e. The smallest absolute Gasteiger partial charge is 0.271 e. The molecule has 1 aromatic carbocycles. The van der Waals surface area contributed by atoms with Crippen molar-refractivity contribution in [1.82, 2.24) is 25.3 Å². The Labute approximate surface area is 175 Å². The summed E-state index contributed by atoms with van der Waals surface area (Å²) in [6.07, 6.45) is 0.614. The molecule has 0 atom stereocenters. The van der Waals surface area contributed by atoms with E-state index in [4.69, 9.17) is 4.74 Å². The van der Waals surface area contributed by atoms with Crippen LogP contribution < -0.4 is 15.4 Å². The van der Waals surface area contributed by atoms with Crippen LogP contribution in [0.25, 0.3) is 0 Å². The molecule has 30 heavy (non-hydrogen) atoms. The number of amides is 3. The third-order valence-corrected chi connectivity index (χ3v) is 5.03. The minimum absolute atomic E-state index is 0.0304. The highest BCUT2D eigenvalue weighted by molar-refractivity contribution is 5.94. The number of hydrogen-bond acceptors (Lipinski definition) is 5. The summed E-state index contributed by atoms with van der Waals surface area (Å²) in [6.45, 7) is 5.13. The van der Waals surface area contributed by atoms with Gasteiger partial charge in [-0.3, -0.25) is 19.1 Å². The van der Waals surface area contributed by atoms with Crippen molar-refractivity contribution in [3.05, 3.63) is 46.8 Å². The first kappa shape index (κ1) is 21.4. The molecular formula is C21H27N5O4. The van der Waals surface area contributed by atoms with Gasteiger partial charge < -0.3 is 20.3 Å². The number of nitrogens with one attached hydrogen (secondary N) is 2. The van der Waals surface area contributed by atoms with Crippen LogP contribution in [-0.2, 0) is 29.1 Å². The van der Waals surface area contributed by atoms with Crippen molar-refractivity contribution < 1.29 is 19.1 Å². The molecule has 0 bridgehead atoms. The molecule has 3 rings (SSSR count). The fourth-order valence-corrected chi connectivity index (χ4v) is 3.45. The number of nitrogens with zero attached hydrogens (tertiary/aromatic N) is 3. The minimum atomic E-state index is -0.286. The standard InChI is InChI=1S/C21H27N5O4/c1-14-5-4-6-16(11-14)30-13-19(28)23-8-10-26-18-7-9-25(15(2)27)12-17(18)20(24-26)21(29)22-3/h4-6,11H,7-10,12-13H2,1-3H3,(H,22,29)(H,23,28). The predicted molar refractivity (Wildman–Crippen MR) is 110 cm³/mol. The van der Waals surface area contributed by atoms with E-state index in [2.05, 4.69) is 15.7 Å². The third kappa shape index (κ3) is 4.97. The van der Waals surface area contributed by atoms with Gasteiger partial charge in [-0.1, -0.05) is 12.1 Å². The van der Waals surface area contributed by atoms with Crippen molar-refractivity contribution in [2.45, 2.75) is 33.4 Å². The predicted octanol–water partition coefficient (Wildman–Crippen LogP) is 0.651. The fraction of sp³-hybridized carbons (Fsp3) is 0.429. The first-order valence-electron chi connectivity index (χ1n) is 9.91. The molecule has 0 saturated carbocycles. The number of ether oxygens (including phenoxy) is 1. The normalized spacial score (nSPS) is 12.8. The van der Waals surface area contributed by atoms with Crippen molar-refractivity contribution in [2.75, 3.05) is 26.7 Å². The molecule has 2 aromatic rings. The van der Waals surface area contributed by atoms with Gasteiger partial charge in [0.25, 0.3) is 11.8 Å². The molecule has 2 N–H and O–H groups in total. The van der Waals surface area contributed by atoms with Gasteiger partial charge >= 0.3 is 0 Å². The lowest BCUT2D eigenvalue weighted by Gasteiger charge is -2.26. The molecule has 0 aliphatic carbocycles. The molecule has 9 heteroatoms. The summed E-state index contributed by atoms with van der Waals surface area (Å²) in [5, 5.41) is 9.85. The maximum atomic E-state index is 12.2. The molecule has 0 fully saturated rings. The average molecular weight is 413 g/mol. The van der Waals surface area contributed by atoms with Crippen LogP contribution in [0.1, 0.15) is 34.2 Å². The Morgan fingerprint density at radius 1 is 1.27 bits per heavy atom. The molecule has 0 radical (unpaired) electrons. The Kier molecular flexibility index (Phi) is 6.71. The number of hydrogen-bond donors (Lipinski definition) is 2. The number of fused-ring (bicyclic) bond motifs is 1. The van der Waals surface area contributed by atoms with E-state index in [0.717, 1.165) is 16.8 Å². The zero-order chi connectivity index (χ0) is 21.7. The van der Waals surface area contributed by atoms with Gasteiger partial charge in [-0.05, 0) is 24.6 Å². The van der Waals surface area contributed by atoms with E-state index in [1.54, 1.807) is 22.7 Å². The molecule has 1 aliphatic rings. The molecule has 0 unspecified atom stereocenters. The van der Waals surface area contributed by atoms with Gasteiger partial charge in [0.15, 0.2) is 12.3 Å². The number of carbonyl (C=O) groups is 3. The Balaban J connectivity index is 1.59. The van der Waals surface area contributed by atoms with Crippen molar-refractivity contribution in [2.24, 2.45) is 0 Å². The van der Waals surface area contributed by atoms with Crippen molar-refractivity contribution in [3.63, 3.8) is 0 Å². The Morgan fingerprint density at radius 2 is 2.07 bits per heavy atom. The Hall–Kier alpha value is -3.36. The molecule has 0 spiro atoms. The number of rotatable bonds is 7. The first-order chi connectivity index (χ1) is 14.4. The zero-order valence-electron chi connectivity index (χ0n) is 17.5. The second-order valence-electron chi connectivity index (χ2n) is 7.22. The number of benzene rings is 1. The van der Waals surface area contributed by atoms with Gasteiger partial charge in [-0.25, -0.2) is 0 Å². The lowest BCUT2D eigenvalue weighted by Crippen LogP contribution is -2.36. The Morgan fingerprint density at radius 3 is 2.77 bits per heavy atom. The van der Waals surface area contributed by atoms with Crippen LogP contribution in [0, 0.1) is 6.92 Å². The van der Waals surface area contributed by atoms with Crippen LogP contribution in [0.5, 0.6) is 5.75 Å². The molecule has 1 aromatic heterocycles. The molecule has 9 nitrogen and oxygen atoms in total. The summed E-state index contributed by atoms with van der Waals surface area (Å²) in [6, 6.07) is 7.51. The van der Waals surface area contributed by atoms with Crippen LogP contribution in [0.2, 0.25) is 0 Å². The Bertz CT molecular complexity index is 953. The van der Waals surface area contributed by atoms with Gasteiger partial charge in [-0.2, -0.15) is 5.10 Å². The topological polar surface area (TPSA) is 106 Å². The van der Waals surface area contributed by atoms with Crippen LogP contribution in [-0.4, -0.2) is 59.1 Å². The van der Waals surface area contributed by atoms with E-state index < -0.39 is 0 Å². The lowest BCUT2D eigenvalue weighted by molar-refractivity contribution is -0.129. The average Bonchev–Trinajstić information content (AvgIpc) is 3.09. The third-order valence-electron chi connectivity index (χ3n) is 5.03. The summed E-state index contributed by atoms with van der Waals surface area (Å²) in [5.41, 5.74) is 3.08. The molecule has 1 aliphatic heterocycles. The second-order valence-corrected chi connectivity index (χ2v) is 7.22. The largest absolute Gasteiger partial charge is 0.484 e. The molecule has 0 saturated heterocycles. The lowest BCUT2D eigenvalue weighted by atomic mass is 10.0. The zero-order valence-corrected chi connectivity index (χ0v) is 17.5. The fourth-order valence-electron chi connectivity index (χ4n) is 3.45. The second kappa shape index (κ2) is 9.43. The van der Waals surface area contributed by atoms with E-state index in [1.807, 2.05) is 25.1 Å². The number of aryl methyl sites for hydroxylation is 1. The van der Waals surface area contributed by atoms with Gasteiger partial charge in [0.2, 0.25) is 5.91 Å². The molecule has 2 heterocycles. The summed E-state index contributed by atoms with van der Waals surface area (Å²) in [5.74, 6) is 0.103. The maximum absolute atomic E-state index is 12.2. The van der Waals surface area contributed by atoms with Crippen molar-refractivity contribution in [3.8, 4) is 5.75 Å². The van der Waals surface area contributed by atoms with Gasteiger partial charge in [0.05, 0.1) is 6.54 Å². The highest BCUT2D eigenvalue weighted by Gasteiger charge is 2.28. The van der Waals surface area contributed by atoms with Crippen LogP contribution in [0.4, 0.5) is 0 Å². The summed E-state index contributed by atoms with van der Waals surface area (Å²) >= 11 is 0. The highest BCUT2D eigenvalue weighted by atomic mass is 16.5. The highest BCUT2D eigenvalue weighted by Crippen LogP contribution is 2.23. The van der Waals surface area contributed by atoms with Crippen molar-refractivity contribution in [1.29, 1.82) is 0 Å². The van der Waals surface area contributed by atoms with Gasteiger partial charge in [-0.15, -0.1) is 0 Å².